The van der Waals surface area contributed by atoms with Gasteiger partial charge in [-0.05, 0) is 38.5 Å². The Bertz CT molecular complexity index is 1190. The maximum absolute atomic E-state index is 13.2. The highest BCUT2D eigenvalue weighted by atomic mass is 16.7. The fourth-order valence-electron chi connectivity index (χ4n) is 10.4. The van der Waals surface area contributed by atoms with E-state index in [1.807, 2.05) is 0 Å². The number of carbonyl (C=O) groups excluding carboxylic acids is 1. The van der Waals surface area contributed by atoms with Crippen molar-refractivity contribution in [3.8, 4) is 0 Å². The first kappa shape index (κ1) is 69.9. The molecule has 8 N–H and O–H groups in total. The van der Waals surface area contributed by atoms with Crippen molar-refractivity contribution < 1.29 is 50.0 Å². The number of nitrogens with one attached hydrogen (secondary N) is 1. The standard InChI is InChI=1S/C62H121NO10/c1-3-5-7-9-11-13-15-17-19-20-21-22-23-24-25-26-27-28-29-30-31-32-33-34-36-38-40-42-44-46-48-50-55(66)61(71)63-53(52-72-62-60(70)59(69)58(68)56(51-64)73-62)57(67)54(65)49-47-45-43-41-39-37-35-18-16-14-12-10-8-6-4-2/h24-25,53-60,62,64-70H,3-23,26-52H2,1-2H3,(H,63,71)/b25-24-. The summed E-state index contributed by atoms with van der Waals surface area (Å²) in [6.07, 6.45) is 50.0. The van der Waals surface area contributed by atoms with Crippen molar-refractivity contribution in [3.05, 3.63) is 12.2 Å². The summed E-state index contributed by atoms with van der Waals surface area (Å²) in [5.41, 5.74) is 0. The maximum atomic E-state index is 13.2. The van der Waals surface area contributed by atoms with Crippen molar-refractivity contribution in [2.24, 2.45) is 0 Å². The van der Waals surface area contributed by atoms with Crippen LogP contribution in [-0.4, -0.2) is 110 Å². The molecule has 11 nitrogen and oxygen atoms in total. The number of ether oxygens (including phenoxy) is 2. The molecule has 434 valence electrons. The lowest BCUT2D eigenvalue weighted by atomic mass is 9.98. The minimum atomic E-state index is -1.66. The molecule has 0 aromatic carbocycles. The third kappa shape index (κ3) is 39.8. The van der Waals surface area contributed by atoms with E-state index in [0.717, 1.165) is 38.5 Å². The molecule has 0 saturated carbocycles. The van der Waals surface area contributed by atoms with Crippen molar-refractivity contribution in [1.82, 2.24) is 5.32 Å². The predicted molar refractivity (Wildman–Crippen MR) is 303 cm³/mol. The molecule has 0 aromatic heterocycles. The van der Waals surface area contributed by atoms with E-state index >= 15 is 0 Å². The molecule has 1 saturated heterocycles. The monoisotopic (exact) mass is 1040 g/mol. The molecule has 9 unspecified atom stereocenters. The number of amides is 1. The third-order valence-corrected chi connectivity index (χ3v) is 15.6. The van der Waals surface area contributed by atoms with Gasteiger partial charge in [0, 0.05) is 0 Å². The van der Waals surface area contributed by atoms with Crippen LogP contribution in [0.2, 0.25) is 0 Å². The number of rotatable bonds is 55. The van der Waals surface area contributed by atoms with Crippen molar-refractivity contribution in [3.63, 3.8) is 0 Å². The largest absolute Gasteiger partial charge is 0.394 e. The average Bonchev–Trinajstić information content (AvgIpc) is 3.39. The molecule has 0 bridgehead atoms. The summed E-state index contributed by atoms with van der Waals surface area (Å²) in [6.45, 7) is 3.49. The second-order valence-electron chi connectivity index (χ2n) is 22.5. The number of unbranched alkanes of at least 4 members (excludes halogenated alkanes) is 41. The summed E-state index contributed by atoms with van der Waals surface area (Å²) in [4.78, 5) is 13.2. The van der Waals surface area contributed by atoms with Gasteiger partial charge in [-0.15, -0.1) is 0 Å². The lowest BCUT2D eigenvalue weighted by Gasteiger charge is -2.40. The van der Waals surface area contributed by atoms with Crippen molar-refractivity contribution >= 4 is 5.91 Å². The maximum Gasteiger partial charge on any atom is 0.249 e. The van der Waals surface area contributed by atoms with Crippen LogP contribution < -0.4 is 5.32 Å². The quantitative estimate of drug-likeness (QED) is 0.0215. The number of aliphatic hydroxyl groups is 7. The zero-order valence-corrected chi connectivity index (χ0v) is 47.6. The van der Waals surface area contributed by atoms with E-state index in [9.17, 15) is 40.5 Å². The first-order valence-corrected chi connectivity index (χ1v) is 31.6. The van der Waals surface area contributed by atoms with Crippen LogP contribution in [0.3, 0.4) is 0 Å². The molecule has 1 aliphatic heterocycles. The van der Waals surface area contributed by atoms with E-state index in [0.29, 0.717) is 19.3 Å². The highest BCUT2D eigenvalue weighted by Gasteiger charge is 2.44. The fourth-order valence-corrected chi connectivity index (χ4v) is 10.4. The van der Waals surface area contributed by atoms with Gasteiger partial charge in [0.25, 0.3) is 0 Å². The molecule has 1 fully saturated rings. The van der Waals surface area contributed by atoms with Crippen LogP contribution >= 0.6 is 0 Å². The van der Waals surface area contributed by atoms with Gasteiger partial charge in [-0.1, -0.05) is 283 Å². The molecule has 0 spiro atoms. The van der Waals surface area contributed by atoms with Gasteiger partial charge in [0.15, 0.2) is 6.29 Å². The van der Waals surface area contributed by atoms with Crippen LogP contribution in [0, 0.1) is 0 Å². The van der Waals surface area contributed by atoms with E-state index in [1.165, 1.54) is 231 Å². The molecule has 73 heavy (non-hydrogen) atoms. The highest BCUT2D eigenvalue weighted by Crippen LogP contribution is 2.24. The molecule has 0 aliphatic carbocycles. The van der Waals surface area contributed by atoms with Gasteiger partial charge >= 0.3 is 0 Å². The summed E-state index contributed by atoms with van der Waals surface area (Å²) in [7, 11) is 0. The Morgan fingerprint density at radius 3 is 1.15 bits per heavy atom. The molecule has 1 amide bonds. The normalized spacial score (nSPS) is 19.9. The molecule has 1 rings (SSSR count). The summed E-state index contributed by atoms with van der Waals surface area (Å²) >= 11 is 0. The second kappa shape index (κ2) is 51.6. The lowest BCUT2D eigenvalue weighted by molar-refractivity contribution is -0.303. The average molecular weight is 1040 g/mol. The smallest absolute Gasteiger partial charge is 0.249 e. The number of hydrogen-bond donors (Lipinski definition) is 8. The topological polar surface area (TPSA) is 189 Å². The van der Waals surface area contributed by atoms with Crippen LogP contribution in [0.15, 0.2) is 12.2 Å². The summed E-state index contributed by atoms with van der Waals surface area (Å²) in [5.74, 6) is -0.691. The Hall–Kier alpha value is -1.15. The predicted octanol–water partition coefficient (Wildman–Crippen LogP) is 13.9. The summed E-state index contributed by atoms with van der Waals surface area (Å²) in [5, 5.41) is 76.2. The second-order valence-corrected chi connectivity index (χ2v) is 22.5. The van der Waals surface area contributed by atoms with Crippen molar-refractivity contribution in [2.75, 3.05) is 13.2 Å². The zero-order chi connectivity index (χ0) is 53.3. The minimum Gasteiger partial charge on any atom is -0.394 e. The number of carbonyl (C=O) groups is 1. The van der Waals surface area contributed by atoms with Crippen LogP contribution in [0.1, 0.15) is 309 Å². The van der Waals surface area contributed by atoms with Crippen molar-refractivity contribution in [2.45, 2.75) is 364 Å². The molecule has 1 aliphatic rings. The van der Waals surface area contributed by atoms with Crippen molar-refractivity contribution in [1.29, 1.82) is 0 Å². The Morgan fingerprint density at radius 2 is 0.795 bits per heavy atom. The Kier molecular flexibility index (Phi) is 49.4. The number of aliphatic hydroxyl groups excluding tert-OH is 7. The van der Waals surface area contributed by atoms with E-state index < -0.39 is 74.2 Å². The van der Waals surface area contributed by atoms with Gasteiger partial charge < -0.3 is 50.5 Å². The zero-order valence-electron chi connectivity index (χ0n) is 47.6. The Labute approximate surface area is 449 Å². The Morgan fingerprint density at radius 1 is 0.466 bits per heavy atom. The van der Waals surface area contributed by atoms with Gasteiger partial charge in [0.05, 0.1) is 25.4 Å². The van der Waals surface area contributed by atoms with E-state index in [4.69, 9.17) is 9.47 Å². The Balaban J connectivity index is 2.19. The minimum absolute atomic E-state index is 0.264. The lowest BCUT2D eigenvalue weighted by Crippen LogP contribution is -2.60. The van der Waals surface area contributed by atoms with Gasteiger partial charge in [-0.3, -0.25) is 4.79 Å². The number of allylic oxidation sites excluding steroid dienone is 2. The third-order valence-electron chi connectivity index (χ3n) is 15.6. The van der Waals surface area contributed by atoms with Gasteiger partial charge in [0.1, 0.15) is 36.6 Å². The molecule has 11 heteroatoms. The van der Waals surface area contributed by atoms with E-state index in [-0.39, 0.29) is 6.42 Å². The first-order chi connectivity index (χ1) is 35.7. The molecular formula is C62H121NO10. The van der Waals surface area contributed by atoms with E-state index in [1.54, 1.807) is 0 Å². The van der Waals surface area contributed by atoms with Crippen LogP contribution in [-0.2, 0) is 14.3 Å². The van der Waals surface area contributed by atoms with Gasteiger partial charge in [-0.25, -0.2) is 0 Å². The summed E-state index contributed by atoms with van der Waals surface area (Å²) < 4.78 is 11.2. The molecular weight excluding hydrogens is 919 g/mol. The van der Waals surface area contributed by atoms with Gasteiger partial charge in [-0.2, -0.15) is 0 Å². The van der Waals surface area contributed by atoms with Crippen LogP contribution in [0.25, 0.3) is 0 Å². The molecule has 1 heterocycles. The van der Waals surface area contributed by atoms with Crippen LogP contribution in [0.5, 0.6) is 0 Å². The van der Waals surface area contributed by atoms with Crippen LogP contribution in [0.4, 0.5) is 0 Å². The molecule has 9 atom stereocenters. The molecule has 0 aromatic rings. The SMILES string of the molecule is CCCCCCCCCCCCCC/C=C\CCCCCCCCCCCCCCCCCC(O)C(=O)NC(COC1OC(CO)C(O)C(O)C1O)C(O)C(O)CCCCCCCCCCCCCCCCC. The molecule has 0 radical (unpaired) electrons. The van der Waals surface area contributed by atoms with E-state index in [2.05, 4.69) is 31.3 Å². The summed E-state index contributed by atoms with van der Waals surface area (Å²) in [6, 6.07) is -1.16. The highest BCUT2D eigenvalue weighted by molar-refractivity contribution is 5.80. The van der Waals surface area contributed by atoms with Gasteiger partial charge in [0.2, 0.25) is 5.91 Å². The first-order valence-electron chi connectivity index (χ1n) is 31.6. The fraction of sp³-hybridized carbons (Fsp3) is 0.952. The number of hydrogen-bond acceptors (Lipinski definition) is 10.